The van der Waals surface area contributed by atoms with E-state index < -0.39 is 0 Å². The third kappa shape index (κ3) is 3.74. The number of benzene rings is 2. The van der Waals surface area contributed by atoms with Gasteiger partial charge in [-0.15, -0.1) is 11.3 Å². The number of piperazine rings is 1. The summed E-state index contributed by atoms with van der Waals surface area (Å²) in [5.41, 5.74) is 3.01. The molecule has 3 heterocycles. The van der Waals surface area contributed by atoms with E-state index in [1.807, 2.05) is 53.9 Å². The summed E-state index contributed by atoms with van der Waals surface area (Å²) in [5, 5.41) is 3.49. The molecule has 0 bridgehead atoms. The molecule has 5 nitrogen and oxygen atoms in total. The van der Waals surface area contributed by atoms with Crippen LogP contribution in [0.5, 0.6) is 0 Å². The van der Waals surface area contributed by atoms with E-state index in [0.717, 1.165) is 58.7 Å². The van der Waals surface area contributed by atoms with E-state index in [9.17, 15) is 4.79 Å². The Morgan fingerprint density at radius 1 is 1.00 bits per heavy atom. The minimum atomic E-state index is -0.0650. The lowest BCUT2D eigenvalue weighted by molar-refractivity contribution is 0.244. The van der Waals surface area contributed by atoms with Crippen LogP contribution in [-0.4, -0.2) is 41.0 Å². The van der Waals surface area contributed by atoms with Crippen molar-refractivity contribution in [2.45, 2.75) is 6.54 Å². The lowest BCUT2D eigenvalue weighted by Crippen LogP contribution is -2.46. The van der Waals surface area contributed by atoms with Gasteiger partial charge in [0.05, 0.1) is 22.6 Å². The second-order valence-electron chi connectivity index (χ2n) is 7.42. The monoisotopic (exact) mass is 436 g/mol. The molecule has 1 aliphatic heterocycles. The topological polar surface area (TPSA) is 52.2 Å². The predicted molar refractivity (Wildman–Crippen MR) is 125 cm³/mol. The molecule has 0 radical (unpaired) electrons. The molecule has 0 unspecified atom stereocenters. The number of nitrogens with one attached hydrogen (secondary N) is 1. The van der Waals surface area contributed by atoms with Crippen LogP contribution in [0.2, 0.25) is 5.02 Å². The number of nitrogens with zero attached hydrogens (tertiary/aromatic N) is 3. The van der Waals surface area contributed by atoms with Crippen LogP contribution in [0.3, 0.4) is 0 Å². The number of hydrogen-bond acceptors (Lipinski definition) is 5. The molecule has 4 aromatic rings. The van der Waals surface area contributed by atoms with Gasteiger partial charge >= 0.3 is 0 Å². The number of aromatic nitrogens is 2. The molecule has 30 heavy (non-hydrogen) atoms. The number of aromatic amines is 1. The summed E-state index contributed by atoms with van der Waals surface area (Å²) in [4.78, 5) is 26.0. The fourth-order valence-corrected chi connectivity index (χ4v) is 5.19. The number of H-pyrrole nitrogens is 1. The van der Waals surface area contributed by atoms with Gasteiger partial charge in [0.2, 0.25) is 0 Å². The summed E-state index contributed by atoms with van der Waals surface area (Å²) in [6.07, 6.45) is 0. The van der Waals surface area contributed by atoms with Gasteiger partial charge in [-0.05, 0) is 17.7 Å². The first kappa shape index (κ1) is 19.3. The lowest BCUT2D eigenvalue weighted by atomic mass is 10.1. The van der Waals surface area contributed by atoms with Crippen LogP contribution >= 0.6 is 22.9 Å². The maximum atomic E-state index is 12.8. The van der Waals surface area contributed by atoms with Crippen LogP contribution in [0.15, 0.2) is 64.8 Å². The molecular formula is C23H21ClN4OS. The van der Waals surface area contributed by atoms with E-state index in [2.05, 4.69) is 20.9 Å². The molecule has 5 rings (SSSR count). The fraction of sp³-hybridized carbons (Fsp3) is 0.217. The predicted octanol–water partition coefficient (Wildman–Crippen LogP) is 4.63. The number of anilines is 1. The van der Waals surface area contributed by atoms with E-state index >= 15 is 0 Å². The van der Waals surface area contributed by atoms with Crippen molar-refractivity contribution in [1.29, 1.82) is 0 Å². The van der Waals surface area contributed by atoms with Crippen molar-refractivity contribution in [2.75, 3.05) is 31.1 Å². The van der Waals surface area contributed by atoms with E-state index in [0.29, 0.717) is 11.9 Å². The normalized spacial score (nSPS) is 15.0. The minimum Gasteiger partial charge on any atom is -0.368 e. The SMILES string of the molecule is O=c1[nH]c(CN2CCN(c3ccccc3Cl)CC2)nc2scc(-c3ccccc3)c12. The third-order valence-corrected chi connectivity index (χ3v) is 6.71. The molecule has 0 aliphatic carbocycles. The number of hydrogen-bond donors (Lipinski definition) is 1. The zero-order valence-corrected chi connectivity index (χ0v) is 17.9. The summed E-state index contributed by atoms with van der Waals surface area (Å²) in [7, 11) is 0. The van der Waals surface area contributed by atoms with Crippen LogP contribution in [0, 0.1) is 0 Å². The highest BCUT2D eigenvalue weighted by atomic mass is 35.5. The summed E-state index contributed by atoms with van der Waals surface area (Å²) >= 11 is 7.86. The Morgan fingerprint density at radius 3 is 2.50 bits per heavy atom. The second-order valence-corrected chi connectivity index (χ2v) is 8.69. The number of rotatable bonds is 4. The average Bonchev–Trinajstić information content (AvgIpc) is 3.20. The minimum absolute atomic E-state index is 0.0650. The summed E-state index contributed by atoms with van der Waals surface area (Å²) in [5.74, 6) is 0.722. The number of para-hydroxylation sites is 1. The highest BCUT2D eigenvalue weighted by Gasteiger charge is 2.20. The van der Waals surface area contributed by atoms with E-state index in [1.165, 1.54) is 11.3 Å². The van der Waals surface area contributed by atoms with Gasteiger partial charge in [0.25, 0.3) is 5.56 Å². The molecule has 1 saturated heterocycles. The molecule has 1 N–H and O–H groups in total. The molecule has 0 amide bonds. The van der Waals surface area contributed by atoms with Crippen LogP contribution in [0.25, 0.3) is 21.3 Å². The van der Waals surface area contributed by atoms with Gasteiger partial charge < -0.3 is 9.88 Å². The van der Waals surface area contributed by atoms with Gasteiger partial charge in [-0.1, -0.05) is 54.1 Å². The molecular weight excluding hydrogens is 416 g/mol. The Morgan fingerprint density at radius 2 is 1.73 bits per heavy atom. The highest BCUT2D eigenvalue weighted by Crippen LogP contribution is 2.30. The van der Waals surface area contributed by atoms with Gasteiger partial charge in [-0.25, -0.2) is 4.98 Å². The van der Waals surface area contributed by atoms with Gasteiger partial charge in [0.15, 0.2) is 0 Å². The first-order valence-corrected chi connectivity index (χ1v) is 11.2. The summed E-state index contributed by atoms with van der Waals surface area (Å²) in [6.45, 7) is 4.22. The van der Waals surface area contributed by atoms with E-state index in [-0.39, 0.29) is 5.56 Å². The third-order valence-electron chi connectivity index (χ3n) is 5.52. The van der Waals surface area contributed by atoms with E-state index in [4.69, 9.17) is 16.6 Å². The molecule has 0 saturated carbocycles. The quantitative estimate of drug-likeness (QED) is 0.507. The molecule has 0 spiro atoms. The number of fused-ring (bicyclic) bond motifs is 1. The Hall–Kier alpha value is -2.67. The molecule has 1 fully saturated rings. The molecule has 0 atom stereocenters. The van der Waals surface area contributed by atoms with Crippen LogP contribution in [0.4, 0.5) is 5.69 Å². The van der Waals surface area contributed by atoms with Crippen LogP contribution in [0.1, 0.15) is 5.82 Å². The second kappa shape index (κ2) is 8.22. The summed E-state index contributed by atoms with van der Waals surface area (Å²) in [6, 6.07) is 17.9. The first-order valence-electron chi connectivity index (χ1n) is 9.97. The Labute approximate surface area is 183 Å². The van der Waals surface area contributed by atoms with Crippen molar-refractivity contribution in [3.63, 3.8) is 0 Å². The highest BCUT2D eigenvalue weighted by molar-refractivity contribution is 7.17. The maximum Gasteiger partial charge on any atom is 0.260 e. The fourth-order valence-electron chi connectivity index (χ4n) is 3.97. The van der Waals surface area contributed by atoms with Crippen molar-refractivity contribution in [3.8, 4) is 11.1 Å². The Bertz CT molecular complexity index is 1230. The smallest absolute Gasteiger partial charge is 0.260 e. The van der Waals surface area contributed by atoms with Gasteiger partial charge in [-0.3, -0.25) is 9.69 Å². The van der Waals surface area contributed by atoms with Crippen molar-refractivity contribution in [2.24, 2.45) is 0 Å². The molecule has 2 aromatic heterocycles. The van der Waals surface area contributed by atoms with Crippen LogP contribution < -0.4 is 10.5 Å². The largest absolute Gasteiger partial charge is 0.368 e. The van der Waals surface area contributed by atoms with Crippen molar-refractivity contribution in [3.05, 3.63) is 81.2 Å². The number of halogens is 1. The standard InChI is InChI=1S/C23H21ClN4OS/c24-18-8-4-5-9-19(18)28-12-10-27(11-13-28)14-20-25-22(29)21-17(15-30-23(21)26-20)16-6-2-1-3-7-16/h1-9,15H,10-14H2,(H,25,26,29). The van der Waals surface area contributed by atoms with Gasteiger partial charge in [0.1, 0.15) is 10.7 Å². The van der Waals surface area contributed by atoms with Crippen molar-refractivity contribution >= 4 is 38.8 Å². The van der Waals surface area contributed by atoms with E-state index in [1.54, 1.807) is 0 Å². The van der Waals surface area contributed by atoms with Crippen molar-refractivity contribution in [1.82, 2.24) is 14.9 Å². The van der Waals surface area contributed by atoms with Gasteiger partial charge in [0, 0.05) is 37.1 Å². The lowest BCUT2D eigenvalue weighted by Gasteiger charge is -2.36. The maximum absolute atomic E-state index is 12.8. The Balaban J connectivity index is 1.32. The number of thiophene rings is 1. The van der Waals surface area contributed by atoms with Crippen molar-refractivity contribution < 1.29 is 0 Å². The zero-order valence-electron chi connectivity index (χ0n) is 16.3. The zero-order chi connectivity index (χ0) is 20.5. The molecule has 2 aromatic carbocycles. The van der Waals surface area contributed by atoms with Gasteiger partial charge in [-0.2, -0.15) is 0 Å². The molecule has 1 aliphatic rings. The Kier molecular flexibility index (Phi) is 5.29. The first-order chi connectivity index (χ1) is 14.7. The van der Waals surface area contributed by atoms with Crippen LogP contribution in [-0.2, 0) is 6.54 Å². The molecule has 152 valence electrons. The average molecular weight is 437 g/mol. The molecule has 7 heteroatoms. The summed E-state index contributed by atoms with van der Waals surface area (Å²) < 4.78 is 0.